The zero-order chi connectivity index (χ0) is 14.2. The first-order valence-electron chi connectivity index (χ1n) is 6.73. The fourth-order valence-corrected chi connectivity index (χ4v) is 1.81. The van der Waals surface area contributed by atoms with Crippen LogP contribution >= 0.6 is 0 Å². The van der Waals surface area contributed by atoms with Crippen molar-refractivity contribution in [3.8, 4) is 0 Å². The zero-order valence-electron chi connectivity index (χ0n) is 11.5. The first-order chi connectivity index (χ1) is 9.79. The van der Waals surface area contributed by atoms with Crippen molar-refractivity contribution in [2.45, 2.75) is 19.9 Å². The van der Waals surface area contributed by atoms with Gasteiger partial charge in [0.25, 0.3) is 5.91 Å². The van der Waals surface area contributed by atoms with Gasteiger partial charge in [-0.1, -0.05) is 0 Å². The van der Waals surface area contributed by atoms with Gasteiger partial charge in [0.05, 0.1) is 18.2 Å². The third kappa shape index (κ3) is 4.08. The summed E-state index contributed by atoms with van der Waals surface area (Å²) in [5.41, 5.74) is 1.36. The summed E-state index contributed by atoms with van der Waals surface area (Å²) in [5.74, 6) is -0.140. The maximum atomic E-state index is 11.9. The fourth-order valence-electron chi connectivity index (χ4n) is 1.81. The van der Waals surface area contributed by atoms with Crippen molar-refractivity contribution in [2.75, 3.05) is 18.4 Å². The number of imidazole rings is 1. The molecule has 1 amide bonds. The molecule has 6 heteroatoms. The number of nitrogens with one attached hydrogen (secondary N) is 2. The van der Waals surface area contributed by atoms with Crippen LogP contribution < -0.4 is 10.6 Å². The lowest BCUT2D eigenvalue weighted by molar-refractivity contribution is 0.0948. The van der Waals surface area contributed by atoms with E-state index in [9.17, 15) is 4.79 Å². The molecule has 0 radical (unpaired) electrons. The molecule has 0 saturated carbocycles. The quantitative estimate of drug-likeness (QED) is 0.750. The number of hydrogen-bond acceptors (Lipinski definition) is 4. The van der Waals surface area contributed by atoms with Crippen LogP contribution in [0.5, 0.6) is 0 Å². The highest BCUT2D eigenvalue weighted by Crippen LogP contribution is 2.05. The number of anilines is 1. The predicted octanol–water partition coefficient (Wildman–Crippen LogP) is 1.53. The fraction of sp³-hybridized carbons (Fsp3) is 0.357. The van der Waals surface area contributed by atoms with E-state index in [1.165, 1.54) is 0 Å². The number of hydrogen-bond donors (Lipinski definition) is 2. The first kappa shape index (κ1) is 14.0. The third-order valence-corrected chi connectivity index (χ3v) is 2.81. The summed E-state index contributed by atoms with van der Waals surface area (Å²) in [7, 11) is 0. The Bertz CT molecular complexity index is 521. The molecule has 2 aromatic heterocycles. The van der Waals surface area contributed by atoms with E-state index < -0.39 is 0 Å². The molecule has 0 saturated heterocycles. The first-order valence-corrected chi connectivity index (χ1v) is 6.73. The van der Waals surface area contributed by atoms with Crippen LogP contribution in [0.4, 0.5) is 5.69 Å². The molecular formula is C14H19N5O. The van der Waals surface area contributed by atoms with Crippen LogP contribution in [0.25, 0.3) is 0 Å². The van der Waals surface area contributed by atoms with Crippen molar-refractivity contribution in [3.63, 3.8) is 0 Å². The molecular weight excluding hydrogens is 254 g/mol. The number of aryl methyl sites for hydroxylation is 1. The van der Waals surface area contributed by atoms with E-state index in [4.69, 9.17) is 0 Å². The second-order valence-electron chi connectivity index (χ2n) is 4.37. The minimum absolute atomic E-state index is 0.140. The molecule has 0 aliphatic heterocycles. The van der Waals surface area contributed by atoms with E-state index in [1.54, 1.807) is 24.8 Å². The van der Waals surface area contributed by atoms with Gasteiger partial charge >= 0.3 is 0 Å². The molecule has 0 unspecified atom stereocenters. The van der Waals surface area contributed by atoms with Gasteiger partial charge in [0.1, 0.15) is 5.69 Å². The Labute approximate surface area is 118 Å². The molecule has 0 aromatic carbocycles. The summed E-state index contributed by atoms with van der Waals surface area (Å²) in [6, 6.07) is 3.58. The largest absolute Gasteiger partial charge is 0.384 e. The van der Waals surface area contributed by atoms with E-state index in [-0.39, 0.29) is 5.91 Å². The Morgan fingerprint density at radius 1 is 1.40 bits per heavy atom. The number of nitrogens with zero attached hydrogens (tertiary/aromatic N) is 3. The van der Waals surface area contributed by atoms with Crippen molar-refractivity contribution in [2.24, 2.45) is 0 Å². The van der Waals surface area contributed by atoms with Crippen molar-refractivity contribution in [3.05, 3.63) is 42.7 Å². The van der Waals surface area contributed by atoms with Gasteiger partial charge in [-0.2, -0.15) is 0 Å². The minimum atomic E-state index is -0.140. The summed E-state index contributed by atoms with van der Waals surface area (Å²) >= 11 is 0. The zero-order valence-corrected chi connectivity index (χ0v) is 11.5. The second kappa shape index (κ2) is 7.28. The third-order valence-electron chi connectivity index (χ3n) is 2.81. The van der Waals surface area contributed by atoms with Gasteiger partial charge in [0, 0.05) is 32.0 Å². The van der Waals surface area contributed by atoms with Crippen molar-refractivity contribution in [1.82, 2.24) is 19.9 Å². The molecule has 2 N–H and O–H groups in total. The minimum Gasteiger partial charge on any atom is -0.384 e. The average Bonchev–Trinajstić information content (AvgIpc) is 2.98. The Morgan fingerprint density at radius 2 is 2.30 bits per heavy atom. The monoisotopic (exact) mass is 273 g/mol. The number of aromatic nitrogens is 3. The molecule has 20 heavy (non-hydrogen) atoms. The van der Waals surface area contributed by atoms with Gasteiger partial charge in [-0.25, -0.2) is 9.97 Å². The molecule has 2 rings (SSSR count). The molecule has 0 aliphatic carbocycles. The molecule has 0 bridgehead atoms. The van der Waals surface area contributed by atoms with E-state index in [0.717, 1.165) is 25.2 Å². The standard InChI is InChI=1S/C14H19N5O/c1-2-16-12-4-5-13(18-10-12)14(20)17-6-3-8-19-9-7-15-11-19/h4-5,7,9-11,16H,2-3,6,8H2,1H3,(H,17,20). The van der Waals surface area contributed by atoms with Gasteiger partial charge in [-0.15, -0.1) is 0 Å². The highest BCUT2D eigenvalue weighted by atomic mass is 16.1. The van der Waals surface area contributed by atoms with Crippen molar-refractivity contribution < 1.29 is 4.79 Å². The van der Waals surface area contributed by atoms with Crippen LogP contribution in [0.1, 0.15) is 23.8 Å². The van der Waals surface area contributed by atoms with E-state index >= 15 is 0 Å². The number of carbonyl (C=O) groups is 1. The van der Waals surface area contributed by atoms with Crippen LogP contribution in [0.2, 0.25) is 0 Å². The summed E-state index contributed by atoms with van der Waals surface area (Å²) in [6.45, 7) is 4.31. The summed E-state index contributed by atoms with van der Waals surface area (Å²) < 4.78 is 1.98. The molecule has 6 nitrogen and oxygen atoms in total. The lowest BCUT2D eigenvalue weighted by Crippen LogP contribution is -2.26. The molecule has 0 fully saturated rings. The smallest absolute Gasteiger partial charge is 0.269 e. The van der Waals surface area contributed by atoms with Crippen LogP contribution in [-0.2, 0) is 6.54 Å². The number of carbonyl (C=O) groups excluding carboxylic acids is 1. The average molecular weight is 273 g/mol. The van der Waals surface area contributed by atoms with Crippen molar-refractivity contribution in [1.29, 1.82) is 0 Å². The van der Waals surface area contributed by atoms with Gasteiger partial charge in [-0.05, 0) is 25.5 Å². The maximum Gasteiger partial charge on any atom is 0.269 e. The Balaban J connectivity index is 1.73. The second-order valence-corrected chi connectivity index (χ2v) is 4.37. The lowest BCUT2D eigenvalue weighted by Gasteiger charge is -2.06. The highest BCUT2D eigenvalue weighted by Gasteiger charge is 2.05. The van der Waals surface area contributed by atoms with Gasteiger partial charge < -0.3 is 15.2 Å². The van der Waals surface area contributed by atoms with E-state index in [2.05, 4.69) is 20.6 Å². The lowest BCUT2D eigenvalue weighted by atomic mass is 10.3. The number of rotatable bonds is 7. The maximum absolute atomic E-state index is 11.9. The molecule has 106 valence electrons. The van der Waals surface area contributed by atoms with Crippen LogP contribution in [-0.4, -0.2) is 33.5 Å². The van der Waals surface area contributed by atoms with E-state index in [1.807, 2.05) is 23.8 Å². The molecule has 0 atom stereocenters. The summed E-state index contributed by atoms with van der Waals surface area (Å²) in [6.07, 6.45) is 7.95. The van der Waals surface area contributed by atoms with Gasteiger partial charge in [-0.3, -0.25) is 4.79 Å². The topological polar surface area (TPSA) is 71.8 Å². The SMILES string of the molecule is CCNc1ccc(C(=O)NCCCn2ccnc2)nc1. The number of amides is 1. The summed E-state index contributed by atoms with van der Waals surface area (Å²) in [5, 5.41) is 6.00. The highest BCUT2D eigenvalue weighted by molar-refractivity contribution is 5.92. The molecule has 0 aliphatic rings. The van der Waals surface area contributed by atoms with Crippen LogP contribution in [0.15, 0.2) is 37.1 Å². The Morgan fingerprint density at radius 3 is 2.95 bits per heavy atom. The molecule has 0 spiro atoms. The Hall–Kier alpha value is -2.37. The van der Waals surface area contributed by atoms with Crippen LogP contribution in [0.3, 0.4) is 0 Å². The molecule has 2 aromatic rings. The molecule has 2 heterocycles. The van der Waals surface area contributed by atoms with E-state index in [0.29, 0.717) is 12.2 Å². The Kier molecular flexibility index (Phi) is 5.11. The van der Waals surface area contributed by atoms with Crippen LogP contribution in [0, 0.1) is 0 Å². The number of pyridine rings is 1. The predicted molar refractivity (Wildman–Crippen MR) is 77.6 cm³/mol. The van der Waals surface area contributed by atoms with Crippen molar-refractivity contribution >= 4 is 11.6 Å². The summed E-state index contributed by atoms with van der Waals surface area (Å²) in [4.78, 5) is 20.0. The van der Waals surface area contributed by atoms with Gasteiger partial charge in [0.2, 0.25) is 0 Å². The van der Waals surface area contributed by atoms with Gasteiger partial charge in [0.15, 0.2) is 0 Å². The normalized spacial score (nSPS) is 10.2.